The Balaban J connectivity index is 3.70. The second kappa shape index (κ2) is 3.69. The smallest absolute Gasteiger partial charge is 0.132 e. The van der Waals surface area contributed by atoms with Crippen molar-refractivity contribution in [3.63, 3.8) is 0 Å². The summed E-state index contributed by atoms with van der Waals surface area (Å²) in [5, 5.41) is 3.40. The molecule has 68 valence electrons. The van der Waals surface area contributed by atoms with E-state index in [0.29, 0.717) is 0 Å². The van der Waals surface area contributed by atoms with E-state index in [9.17, 15) is 0 Å². The van der Waals surface area contributed by atoms with Crippen molar-refractivity contribution in [2.75, 3.05) is 0 Å². The average Bonchev–Trinajstić information content (AvgIpc) is 1.83. The Labute approximate surface area is 71.8 Å². The Morgan fingerprint density at radius 1 is 1.18 bits per heavy atom. The van der Waals surface area contributed by atoms with Crippen LogP contribution in [0.5, 0.6) is 0 Å². The Hall–Kier alpha value is 0.137. The van der Waals surface area contributed by atoms with Crippen molar-refractivity contribution in [2.45, 2.75) is 52.4 Å². The van der Waals surface area contributed by atoms with Crippen LogP contribution in [0.4, 0.5) is 0 Å². The summed E-state index contributed by atoms with van der Waals surface area (Å²) in [5.41, 5.74) is 3.58. The first-order valence-corrected chi connectivity index (χ1v) is 7.81. The average molecular weight is 174 g/mol. The van der Waals surface area contributed by atoms with Gasteiger partial charge in [0.05, 0.1) is 0 Å². The largest absolute Gasteiger partial charge is 0.279 e. The van der Waals surface area contributed by atoms with Crippen molar-refractivity contribution in [1.29, 1.82) is 0 Å². The molecule has 3 heteroatoms. The van der Waals surface area contributed by atoms with Gasteiger partial charge < -0.3 is 0 Å². The van der Waals surface area contributed by atoms with Gasteiger partial charge in [-0.25, -0.2) is 0 Å². The van der Waals surface area contributed by atoms with Crippen molar-refractivity contribution in [1.82, 2.24) is 10.5 Å². The molecular formula is C8H22N2Si. The van der Waals surface area contributed by atoms with E-state index in [1.54, 1.807) is 0 Å². The highest BCUT2D eigenvalue weighted by Crippen LogP contribution is 2.05. The van der Waals surface area contributed by atoms with Crippen LogP contribution >= 0.6 is 0 Å². The minimum absolute atomic E-state index is 0.223. The second-order valence-corrected chi connectivity index (χ2v) is 9.49. The monoisotopic (exact) mass is 174 g/mol. The van der Waals surface area contributed by atoms with Gasteiger partial charge in [-0.15, -0.1) is 0 Å². The van der Waals surface area contributed by atoms with Crippen molar-refractivity contribution in [2.24, 2.45) is 0 Å². The van der Waals surface area contributed by atoms with Crippen LogP contribution < -0.4 is 10.5 Å². The molecule has 0 radical (unpaired) electrons. The fourth-order valence-electron chi connectivity index (χ4n) is 0.445. The van der Waals surface area contributed by atoms with E-state index < -0.39 is 8.24 Å². The lowest BCUT2D eigenvalue weighted by molar-refractivity contribution is 0.358. The molecular weight excluding hydrogens is 152 g/mol. The van der Waals surface area contributed by atoms with Crippen LogP contribution in [0.1, 0.15) is 27.2 Å². The van der Waals surface area contributed by atoms with Crippen molar-refractivity contribution in [3.8, 4) is 0 Å². The predicted molar refractivity (Wildman–Crippen MR) is 54.0 cm³/mol. The molecule has 0 aromatic heterocycles. The standard InChI is InChI=1S/C8H22N2Si/c1-7-8(2,3)9-10-11(4,5)6/h9-10H,7H2,1-6H3. The molecule has 0 aliphatic rings. The molecule has 0 fully saturated rings. The number of rotatable bonds is 4. The summed E-state index contributed by atoms with van der Waals surface area (Å²) in [5.74, 6) is 0. The molecule has 0 amide bonds. The summed E-state index contributed by atoms with van der Waals surface area (Å²) in [6.45, 7) is 13.5. The summed E-state index contributed by atoms with van der Waals surface area (Å²) >= 11 is 0. The summed E-state index contributed by atoms with van der Waals surface area (Å²) in [6.07, 6.45) is 1.14. The van der Waals surface area contributed by atoms with Gasteiger partial charge in [-0.2, -0.15) is 0 Å². The van der Waals surface area contributed by atoms with E-state index >= 15 is 0 Å². The van der Waals surface area contributed by atoms with E-state index in [-0.39, 0.29) is 5.54 Å². The minimum Gasteiger partial charge on any atom is -0.279 e. The Morgan fingerprint density at radius 3 is 1.91 bits per heavy atom. The molecule has 2 N–H and O–H groups in total. The summed E-state index contributed by atoms with van der Waals surface area (Å²) in [7, 11) is -1.14. The van der Waals surface area contributed by atoms with Crippen LogP contribution in [0.3, 0.4) is 0 Å². The third kappa shape index (κ3) is 6.53. The molecule has 0 aliphatic heterocycles. The van der Waals surface area contributed by atoms with Crippen LogP contribution in [-0.4, -0.2) is 13.8 Å². The summed E-state index contributed by atoms with van der Waals surface area (Å²) in [6, 6.07) is 0. The lowest BCUT2D eigenvalue weighted by Gasteiger charge is -2.30. The molecule has 0 saturated carbocycles. The first-order valence-electron chi connectivity index (χ1n) is 4.31. The second-order valence-electron chi connectivity index (χ2n) is 4.74. The fourth-order valence-corrected chi connectivity index (χ4v) is 1.16. The van der Waals surface area contributed by atoms with Gasteiger partial charge in [0.25, 0.3) is 0 Å². The predicted octanol–water partition coefficient (Wildman–Crippen LogP) is 2.10. The van der Waals surface area contributed by atoms with Gasteiger partial charge in [-0.3, -0.25) is 10.5 Å². The first kappa shape index (κ1) is 11.1. The third-order valence-corrected chi connectivity index (χ3v) is 2.53. The van der Waals surface area contributed by atoms with Crippen molar-refractivity contribution in [3.05, 3.63) is 0 Å². The molecule has 0 saturated heterocycles. The van der Waals surface area contributed by atoms with Crippen molar-refractivity contribution >= 4 is 8.24 Å². The maximum absolute atomic E-state index is 3.40. The van der Waals surface area contributed by atoms with E-state index in [2.05, 4.69) is 50.9 Å². The highest BCUT2D eigenvalue weighted by atomic mass is 28.3. The molecule has 0 heterocycles. The molecule has 11 heavy (non-hydrogen) atoms. The number of hydrazine groups is 1. The summed E-state index contributed by atoms with van der Waals surface area (Å²) < 4.78 is 0. The number of nitrogens with one attached hydrogen (secondary N) is 2. The molecule has 0 aliphatic carbocycles. The van der Waals surface area contributed by atoms with Crippen LogP contribution in [-0.2, 0) is 0 Å². The number of hydrogen-bond acceptors (Lipinski definition) is 2. The molecule has 0 bridgehead atoms. The Kier molecular flexibility index (Phi) is 3.74. The molecule has 0 atom stereocenters. The molecule has 0 unspecified atom stereocenters. The lowest BCUT2D eigenvalue weighted by Crippen LogP contribution is -2.57. The van der Waals surface area contributed by atoms with E-state index in [1.807, 2.05) is 0 Å². The molecule has 0 aromatic rings. The highest BCUT2D eigenvalue weighted by Gasteiger charge is 2.18. The SMILES string of the molecule is CCC(C)(C)NN[Si](C)(C)C. The van der Waals surface area contributed by atoms with E-state index in [0.717, 1.165) is 6.42 Å². The van der Waals surface area contributed by atoms with E-state index in [1.165, 1.54) is 0 Å². The Morgan fingerprint density at radius 2 is 1.64 bits per heavy atom. The first-order chi connectivity index (χ1) is 4.77. The van der Waals surface area contributed by atoms with Gasteiger partial charge in [0.1, 0.15) is 8.24 Å². The third-order valence-electron chi connectivity index (χ3n) is 1.66. The summed E-state index contributed by atoms with van der Waals surface area (Å²) in [4.78, 5) is 0. The zero-order chi connectivity index (χ0) is 9.12. The molecule has 0 aromatic carbocycles. The van der Waals surface area contributed by atoms with Gasteiger partial charge in [-0.1, -0.05) is 26.6 Å². The zero-order valence-electron chi connectivity index (χ0n) is 8.71. The quantitative estimate of drug-likeness (QED) is 0.504. The highest BCUT2D eigenvalue weighted by molar-refractivity contribution is 6.73. The molecule has 2 nitrogen and oxygen atoms in total. The van der Waals surface area contributed by atoms with Gasteiger partial charge >= 0.3 is 0 Å². The topological polar surface area (TPSA) is 24.1 Å². The van der Waals surface area contributed by atoms with Gasteiger partial charge in [0.15, 0.2) is 0 Å². The molecule has 0 spiro atoms. The molecule has 0 rings (SSSR count). The lowest BCUT2D eigenvalue weighted by atomic mass is 10.0. The zero-order valence-corrected chi connectivity index (χ0v) is 9.71. The van der Waals surface area contributed by atoms with Crippen LogP contribution in [0.2, 0.25) is 19.6 Å². The van der Waals surface area contributed by atoms with Gasteiger partial charge in [0.2, 0.25) is 0 Å². The van der Waals surface area contributed by atoms with Crippen molar-refractivity contribution < 1.29 is 0 Å². The Bertz CT molecular complexity index is 116. The fraction of sp³-hybridized carbons (Fsp3) is 1.00. The van der Waals surface area contributed by atoms with Gasteiger partial charge in [-0.05, 0) is 20.3 Å². The minimum atomic E-state index is -1.14. The normalized spacial score (nSPS) is 13.6. The maximum Gasteiger partial charge on any atom is 0.132 e. The van der Waals surface area contributed by atoms with E-state index in [4.69, 9.17) is 0 Å². The maximum atomic E-state index is 3.40. The van der Waals surface area contributed by atoms with Crippen LogP contribution in [0.25, 0.3) is 0 Å². The van der Waals surface area contributed by atoms with Gasteiger partial charge in [0, 0.05) is 5.54 Å². The van der Waals surface area contributed by atoms with Crippen LogP contribution in [0, 0.1) is 0 Å². The number of hydrogen-bond donors (Lipinski definition) is 2. The van der Waals surface area contributed by atoms with Crippen LogP contribution in [0.15, 0.2) is 0 Å².